The van der Waals surface area contributed by atoms with E-state index in [2.05, 4.69) is 21.2 Å². The molecule has 0 aromatic heterocycles. The molecule has 0 saturated heterocycles. The highest BCUT2D eigenvalue weighted by Gasteiger charge is 2.15. The van der Waals surface area contributed by atoms with E-state index in [-0.39, 0.29) is 0 Å². The Morgan fingerprint density at radius 2 is 0.763 bits per heavy atom. The maximum Gasteiger partial charge on any atom is 0.407 e. The third-order valence-corrected chi connectivity index (χ3v) is 4.44. The van der Waals surface area contributed by atoms with E-state index >= 15 is 0 Å². The highest BCUT2D eigenvalue weighted by Crippen LogP contribution is 2.06. The van der Waals surface area contributed by atoms with Crippen LogP contribution in [0.1, 0.15) is 20.8 Å². The number of halogens is 1. The Hall–Kier alpha value is -0.610. The van der Waals surface area contributed by atoms with Crippen molar-refractivity contribution in [1.29, 1.82) is 0 Å². The van der Waals surface area contributed by atoms with Crippen molar-refractivity contribution in [2.45, 2.75) is 26.4 Å². The van der Waals surface area contributed by atoms with Crippen LogP contribution in [0.4, 0.5) is 4.79 Å². The predicted molar refractivity (Wildman–Crippen MR) is 145 cm³/mol. The Bertz CT molecular complexity index is 498. The summed E-state index contributed by atoms with van der Waals surface area (Å²) in [4.78, 5) is 11.5. The fourth-order valence-electron chi connectivity index (χ4n) is 2.46. The Morgan fingerprint density at radius 1 is 0.500 bits per heavy atom. The molecule has 1 amide bonds. The molecule has 12 nitrogen and oxygen atoms in total. The summed E-state index contributed by atoms with van der Waals surface area (Å²) in [5.74, 6) is 0. The fraction of sp³-hybridized carbons (Fsp3) is 0.960. The van der Waals surface area contributed by atoms with Gasteiger partial charge in [-0.2, -0.15) is 0 Å². The summed E-state index contributed by atoms with van der Waals surface area (Å²) in [6, 6.07) is 0. The van der Waals surface area contributed by atoms with Gasteiger partial charge < -0.3 is 52.7 Å². The first-order valence-corrected chi connectivity index (χ1v) is 14.3. The molecule has 0 heterocycles. The van der Waals surface area contributed by atoms with Gasteiger partial charge in [0.25, 0.3) is 0 Å². The van der Waals surface area contributed by atoms with E-state index in [0.29, 0.717) is 125 Å². The molecule has 0 bridgehead atoms. The Morgan fingerprint density at radius 3 is 1.03 bits per heavy atom. The Kier molecular flexibility index (Phi) is 28.9. The standard InChI is InChI=1S/C25H50BrNO11/c1-25(2,3)38-24(28)27-5-7-30-9-11-32-13-15-34-17-19-36-21-23-37-22-20-35-18-16-33-14-12-31-10-8-29-6-4-26/h4-23H2,1-3H3,(H,27,28). The van der Waals surface area contributed by atoms with E-state index in [0.717, 1.165) is 5.33 Å². The number of alkyl halides is 1. The molecule has 13 heteroatoms. The molecule has 228 valence electrons. The lowest BCUT2D eigenvalue weighted by Gasteiger charge is -2.19. The first-order chi connectivity index (χ1) is 18.5. The summed E-state index contributed by atoms with van der Waals surface area (Å²) in [6.07, 6.45) is -0.449. The summed E-state index contributed by atoms with van der Waals surface area (Å²) in [5, 5.41) is 3.46. The number of hydrogen-bond donors (Lipinski definition) is 1. The van der Waals surface area contributed by atoms with E-state index in [4.69, 9.17) is 47.4 Å². The van der Waals surface area contributed by atoms with Crippen LogP contribution in [0.5, 0.6) is 0 Å². The number of amides is 1. The quantitative estimate of drug-likeness (QED) is 0.0977. The molecule has 0 aliphatic rings. The fourth-order valence-corrected chi connectivity index (χ4v) is 2.68. The third kappa shape index (κ3) is 33.4. The Balaban J connectivity index is 3.09. The minimum atomic E-state index is -0.506. The molecule has 1 N–H and O–H groups in total. The smallest absolute Gasteiger partial charge is 0.407 e. The lowest BCUT2D eigenvalue weighted by molar-refractivity contribution is -0.0247. The van der Waals surface area contributed by atoms with Gasteiger partial charge in [0, 0.05) is 11.9 Å². The highest BCUT2D eigenvalue weighted by molar-refractivity contribution is 9.09. The number of alkyl carbamates (subject to hydrolysis) is 1. The number of carbonyl (C=O) groups excluding carboxylic acids is 1. The SMILES string of the molecule is CC(C)(C)OC(=O)NCCOCCOCCOCCOCCOCCOCCOCCOCCOCCBr. The number of ether oxygens (including phenoxy) is 10. The molecule has 0 rings (SSSR count). The van der Waals surface area contributed by atoms with Crippen LogP contribution in [0.3, 0.4) is 0 Å². The van der Waals surface area contributed by atoms with Crippen molar-refractivity contribution >= 4 is 22.0 Å². The maximum atomic E-state index is 11.5. The predicted octanol–water partition coefficient (Wildman–Crippen LogP) is 2.06. The van der Waals surface area contributed by atoms with Crippen molar-refractivity contribution in [2.24, 2.45) is 0 Å². The molecule has 38 heavy (non-hydrogen) atoms. The lowest BCUT2D eigenvalue weighted by Crippen LogP contribution is -2.34. The summed E-state index contributed by atoms with van der Waals surface area (Å²) >= 11 is 3.29. The van der Waals surface area contributed by atoms with Gasteiger partial charge in [-0.05, 0) is 20.8 Å². The molecule has 0 aliphatic carbocycles. The van der Waals surface area contributed by atoms with Crippen LogP contribution in [0.25, 0.3) is 0 Å². The average Bonchev–Trinajstić information content (AvgIpc) is 2.86. The minimum Gasteiger partial charge on any atom is -0.444 e. The molecule has 0 fully saturated rings. The monoisotopic (exact) mass is 619 g/mol. The van der Waals surface area contributed by atoms with Gasteiger partial charge in [-0.25, -0.2) is 4.79 Å². The van der Waals surface area contributed by atoms with Crippen LogP contribution < -0.4 is 5.32 Å². The molecule has 0 atom stereocenters. The van der Waals surface area contributed by atoms with Gasteiger partial charge in [-0.3, -0.25) is 0 Å². The van der Waals surface area contributed by atoms with Gasteiger partial charge in [0.2, 0.25) is 0 Å². The summed E-state index contributed by atoms with van der Waals surface area (Å²) in [5.41, 5.74) is -0.506. The van der Waals surface area contributed by atoms with E-state index in [9.17, 15) is 4.79 Å². The van der Waals surface area contributed by atoms with Crippen molar-refractivity contribution < 1.29 is 52.2 Å². The molecule has 0 saturated carbocycles. The van der Waals surface area contributed by atoms with Gasteiger partial charge in [0.15, 0.2) is 0 Å². The van der Waals surface area contributed by atoms with Gasteiger partial charge in [-0.1, -0.05) is 15.9 Å². The zero-order valence-electron chi connectivity index (χ0n) is 23.5. The first kappa shape index (κ1) is 37.4. The van der Waals surface area contributed by atoms with Gasteiger partial charge in [0.1, 0.15) is 5.60 Å². The van der Waals surface area contributed by atoms with Crippen LogP contribution in [-0.2, 0) is 47.4 Å². The molecular weight excluding hydrogens is 570 g/mol. The highest BCUT2D eigenvalue weighted by atomic mass is 79.9. The van der Waals surface area contributed by atoms with Crippen LogP contribution >= 0.6 is 15.9 Å². The third-order valence-electron chi connectivity index (χ3n) is 4.11. The molecule has 0 unspecified atom stereocenters. The molecular formula is C25H50BrNO11. The molecule has 0 radical (unpaired) electrons. The zero-order chi connectivity index (χ0) is 28.0. The number of rotatable bonds is 29. The van der Waals surface area contributed by atoms with Crippen molar-refractivity contribution in [3.05, 3.63) is 0 Å². The second-order valence-corrected chi connectivity index (χ2v) is 9.42. The summed E-state index contributed by atoms with van der Waals surface area (Å²) in [7, 11) is 0. The van der Waals surface area contributed by atoms with E-state index in [1.54, 1.807) is 0 Å². The maximum absolute atomic E-state index is 11.5. The number of nitrogens with one attached hydrogen (secondary N) is 1. The molecule has 0 aromatic rings. The average molecular weight is 621 g/mol. The van der Waals surface area contributed by atoms with E-state index in [1.807, 2.05) is 20.8 Å². The zero-order valence-corrected chi connectivity index (χ0v) is 25.1. The van der Waals surface area contributed by atoms with Crippen LogP contribution in [0.2, 0.25) is 0 Å². The first-order valence-electron chi connectivity index (χ1n) is 13.2. The Labute approximate surface area is 236 Å². The second kappa shape index (κ2) is 29.4. The van der Waals surface area contributed by atoms with Crippen LogP contribution in [0.15, 0.2) is 0 Å². The molecule has 0 spiro atoms. The van der Waals surface area contributed by atoms with Gasteiger partial charge in [-0.15, -0.1) is 0 Å². The normalized spacial score (nSPS) is 11.7. The minimum absolute atomic E-state index is 0.388. The van der Waals surface area contributed by atoms with E-state index in [1.165, 1.54) is 0 Å². The van der Waals surface area contributed by atoms with Crippen molar-refractivity contribution in [2.75, 3.05) is 131 Å². The topological polar surface area (TPSA) is 121 Å². The number of carbonyl (C=O) groups is 1. The summed E-state index contributed by atoms with van der Waals surface area (Å²) < 4.78 is 53.8. The van der Waals surface area contributed by atoms with Crippen molar-refractivity contribution in [3.63, 3.8) is 0 Å². The van der Waals surface area contributed by atoms with Crippen LogP contribution in [0, 0.1) is 0 Å². The molecule has 0 aliphatic heterocycles. The lowest BCUT2D eigenvalue weighted by atomic mass is 10.2. The van der Waals surface area contributed by atoms with E-state index < -0.39 is 11.7 Å². The van der Waals surface area contributed by atoms with Gasteiger partial charge in [0.05, 0.1) is 119 Å². The second-order valence-electron chi connectivity index (χ2n) is 8.63. The van der Waals surface area contributed by atoms with Crippen molar-refractivity contribution in [3.8, 4) is 0 Å². The summed E-state index contributed by atoms with van der Waals surface area (Å²) in [6.45, 7) is 15.2. The van der Waals surface area contributed by atoms with Gasteiger partial charge >= 0.3 is 6.09 Å². The largest absolute Gasteiger partial charge is 0.444 e. The van der Waals surface area contributed by atoms with Crippen LogP contribution in [-0.4, -0.2) is 142 Å². The van der Waals surface area contributed by atoms with Crippen molar-refractivity contribution in [1.82, 2.24) is 5.32 Å². The number of hydrogen-bond acceptors (Lipinski definition) is 11. The molecule has 0 aromatic carbocycles.